The smallest absolute Gasteiger partial charge is 0.220 e. The van der Waals surface area contributed by atoms with Gasteiger partial charge in [-0.2, -0.15) is 0 Å². The molecule has 0 bridgehead atoms. The molecule has 1 atom stereocenters. The molecule has 0 radical (unpaired) electrons. The van der Waals surface area contributed by atoms with E-state index in [4.69, 9.17) is 0 Å². The van der Waals surface area contributed by atoms with Crippen molar-refractivity contribution in [1.29, 1.82) is 0 Å². The van der Waals surface area contributed by atoms with Crippen LogP contribution in [-0.4, -0.2) is 25.5 Å². The quantitative estimate of drug-likeness (QED) is 0.610. The fraction of sp³-hybridized carbons (Fsp3) is 0.889. The van der Waals surface area contributed by atoms with Crippen molar-refractivity contribution in [2.75, 3.05) is 19.6 Å². The number of rotatable bonds is 0. The first kappa shape index (κ1) is 10.8. The zero-order valence-corrected chi connectivity index (χ0v) is 8.58. The van der Waals surface area contributed by atoms with Gasteiger partial charge in [0.15, 0.2) is 0 Å². The third kappa shape index (κ3) is 2.35. The van der Waals surface area contributed by atoms with Gasteiger partial charge >= 0.3 is 0 Å². The van der Waals surface area contributed by atoms with Crippen LogP contribution >= 0.6 is 12.4 Å². The minimum absolute atomic E-state index is 0. The number of carbonyl (C=O) groups excluding carboxylic acids is 1. The summed E-state index contributed by atoms with van der Waals surface area (Å²) in [6.07, 6.45) is 4.35. The summed E-state index contributed by atoms with van der Waals surface area (Å²) >= 11 is 0. The highest BCUT2D eigenvalue weighted by atomic mass is 35.5. The van der Waals surface area contributed by atoms with Crippen LogP contribution < -0.4 is 10.6 Å². The summed E-state index contributed by atoms with van der Waals surface area (Å²) in [6, 6.07) is 0. The lowest BCUT2D eigenvalue weighted by atomic mass is 9.73. The van der Waals surface area contributed by atoms with E-state index in [0.29, 0.717) is 5.41 Å². The van der Waals surface area contributed by atoms with Gasteiger partial charge in [0.25, 0.3) is 0 Å². The molecule has 76 valence electrons. The van der Waals surface area contributed by atoms with Gasteiger partial charge in [-0.05, 0) is 31.2 Å². The summed E-state index contributed by atoms with van der Waals surface area (Å²) in [6.45, 7) is 3.05. The lowest BCUT2D eigenvalue weighted by Crippen LogP contribution is -2.48. The zero-order valence-electron chi connectivity index (χ0n) is 7.77. The molecule has 0 saturated carbocycles. The number of nitrogens with one attached hydrogen (secondary N) is 2. The van der Waals surface area contributed by atoms with Crippen molar-refractivity contribution in [1.82, 2.24) is 10.6 Å². The van der Waals surface area contributed by atoms with Gasteiger partial charge in [0, 0.05) is 19.5 Å². The molecule has 0 aromatic carbocycles. The molecule has 1 spiro atoms. The molecule has 2 rings (SSSR count). The van der Waals surface area contributed by atoms with Gasteiger partial charge in [-0.15, -0.1) is 12.4 Å². The first-order valence-electron chi connectivity index (χ1n) is 4.78. The molecule has 2 aliphatic heterocycles. The molecule has 1 unspecified atom stereocenters. The van der Waals surface area contributed by atoms with Crippen molar-refractivity contribution >= 4 is 18.3 Å². The Morgan fingerprint density at radius 2 is 2.08 bits per heavy atom. The van der Waals surface area contributed by atoms with E-state index >= 15 is 0 Å². The zero-order chi connectivity index (χ0) is 8.44. The molecule has 13 heavy (non-hydrogen) atoms. The number of hydrogen-bond donors (Lipinski definition) is 2. The Bertz CT molecular complexity index is 185. The van der Waals surface area contributed by atoms with Crippen LogP contribution in [0.1, 0.15) is 25.7 Å². The van der Waals surface area contributed by atoms with E-state index in [-0.39, 0.29) is 18.3 Å². The first-order valence-corrected chi connectivity index (χ1v) is 4.78. The molecule has 2 aliphatic rings. The molecular formula is C9H17ClN2O. The van der Waals surface area contributed by atoms with Crippen molar-refractivity contribution in [3.63, 3.8) is 0 Å². The van der Waals surface area contributed by atoms with E-state index in [1.165, 1.54) is 12.8 Å². The summed E-state index contributed by atoms with van der Waals surface area (Å²) < 4.78 is 0. The number of halogens is 1. The van der Waals surface area contributed by atoms with Crippen LogP contribution in [0, 0.1) is 5.41 Å². The second-order valence-corrected chi connectivity index (χ2v) is 4.06. The minimum atomic E-state index is 0. The highest BCUT2D eigenvalue weighted by Gasteiger charge is 2.36. The fourth-order valence-electron chi connectivity index (χ4n) is 2.35. The third-order valence-electron chi connectivity index (χ3n) is 3.07. The first-order chi connectivity index (χ1) is 5.81. The topological polar surface area (TPSA) is 41.1 Å². The number of amides is 1. The van der Waals surface area contributed by atoms with Gasteiger partial charge in [0.1, 0.15) is 0 Å². The molecule has 1 amide bonds. The van der Waals surface area contributed by atoms with E-state index in [1.54, 1.807) is 0 Å². The average Bonchev–Trinajstić information content (AvgIpc) is 2.05. The van der Waals surface area contributed by atoms with Gasteiger partial charge in [-0.3, -0.25) is 4.79 Å². The van der Waals surface area contributed by atoms with E-state index in [9.17, 15) is 4.79 Å². The Kier molecular flexibility index (Phi) is 3.56. The molecule has 2 saturated heterocycles. The van der Waals surface area contributed by atoms with Crippen molar-refractivity contribution in [3.8, 4) is 0 Å². The maximum absolute atomic E-state index is 11.2. The summed E-state index contributed by atoms with van der Waals surface area (Å²) in [5.41, 5.74) is 0.306. The highest BCUT2D eigenvalue weighted by molar-refractivity contribution is 5.85. The molecule has 0 aromatic heterocycles. The largest absolute Gasteiger partial charge is 0.356 e. The highest BCUT2D eigenvalue weighted by Crippen LogP contribution is 2.35. The fourth-order valence-corrected chi connectivity index (χ4v) is 2.35. The SMILES string of the molecule is Cl.O=C1CC2(CCCNC2)CCN1. The Hall–Kier alpha value is -0.280. The van der Waals surface area contributed by atoms with Gasteiger partial charge in [0.05, 0.1) is 0 Å². The van der Waals surface area contributed by atoms with Crippen molar-refractivity contribution in [2.45, 2.75) is 25.7 Å². The predicted octanol–water partition coefficient (Wildman–Crippen LogP) is 0.688. The number of carbonyl (C=O) groups is 1. The second kappa shape index (κ2) is 4.29. The van der Waals surface area contributed by atoms with Crippen LogP contribution in [0.15, 0.2) is 0 Å². The van der Waals surface area contributed by atoms with Crippen molar-refractivity contribution in [2.24, 2.45) is 5.41 Å². The van der Waals surface area contributed by atoms with Crippen LogP contribution in [0.2, 0.25) is 0 Å². The van der Waals surface area contributed by atoms with Gasteiger partial charge in [-0.25, -0.2) is 0 Å². The Morgan fingerprint density at radius 3 is 2.69 bits per heavy atom. The van der Waals surface area contributed by atoms with Crippen LogP contribution in [0.5, 0.6) is 0 Å². The maximum Gasteiger partial charge on any atom is 0.220 e. The Labute approximate surface area is 85.1 Å². The lowest BCUT2D eigenvalue weighted by Gasteiger charge is -2.40. The molecule has 3 nitrogen and oxygen atoms in total. The summed E-state index contributed by atoms with van der Waals surface area (Å²) in [5, 5.41) is 6.27. The molecule has 0 aliphatic carbocycles. The van der Waals surface area contributed by atoms with Crippen LogP contribution in [0.25, 0.3) is 0 Å². The monoisotopic (exact) mass is 204 g/mol. The molecular weight excluding hydrogens is 188 g/mol. The Morgan fingerprint density at radius 1 is 1.23 bits per heavy atom. The molecule has 4 heteroatoms. The molecule has 0 aromatic rings. The summed E-state index contributed by atoms with van der Waals surface area (Å²) in [5.74, 6) is 0.241. The predicted molar refractivity (Wildman–Crippen MR) is 54.0 cm³/mol. The standard InChI is InChI=1S/C9H16N2O.ClH/c12-8-6-9(3-5-11-8)2-1-4-10-7-9;/h10H,1-7H2,(H,11,12);1H. The maximum atomic E-state index is 11.2. The Balaban J connectivity index is 0.000000845. The average molecular weight is 205 g/mol. The van der Waals surface area contributed by atoms with Crippen molar-refractivity contribution < 1.29 is 4.79 Å². The molecule has 2 fully saturated rings. The summed E-state index contributed by atoms with van der Waals surface area (Å²) in [7, 11) is 0. The van der Waals surface area contributed by atoms with Crippen LogP contribution in [0.4, 0.5) is 0 Å². The van der Waals surface area contributed by atoms with Gasteiger partial charge < -0.3 is 10.6 Å². The normalized spacial score (nSPS) is 33.7. The van der Waals surface area contributed by atoms with Gasteiger partial charge in [0.2, 0.25) is 5.91 Å². The van der Waals surface area contributed by atoms with Crippen LogP contribution in [0.3, 0.4) is 0 Å². The van der Waals surface area contributed by atoms with Gasteiger partial charge in [-0.1, -0.05) is 0 Å². The minimum Gasteiger partial charge on any atom is -0.356 e. The lowest BCUT2D eigenvalue weighted by molar-refractivity contribution is -0.126. The van der Waals surface area contributed by atoms with E-state index in [0.717, 1.165) is 32.5 Å². The van der Waals surface area contributed by atoms with E-state index in [2.05, 4.69) is 10.6 Å². The van der Waals surface area contributed by atoms with Crippen LogP contribution in [-0.2, 0) is 4.79 Å². The molecule has 2 heterocycles. The van der Waals surface area contributed by atoms with E-state index in [1.807, 2.05) is 0 Å². The number of hydrogen-bond acceptors (Lipinski definition) is 2. The molecule has 2 N–H and O–H groups in total. The third-order valence-corrected chi connectivity index (χ3v) is 3.07. The number of piperidine rings is 2. The van der Waals surface area contributed by atoms with E-state index < -0.39 is 0 Å². The summed E-state index contributed by atoms with van der Waals surface area (Å²) in [4.78, 5) is 11.2. The van der Waals surface area contributed by atoms with Crippen molar-refractivity contribution in [3.05, 3.63) is 0 Å². The second-order valence-electron chi connectivity index (χ2n) is 4.06.